The predicted octanol–water partition coefficient (Wildman–Crippen LogP) is 1.95. The van der Waals surface area contributed by atoms with Gasteiger partial charge in [-0.1, -0.05) is 30.3 Å². The van der Waals surface area contributed by atoms with E-state index in [1.54, 1.807) is 6.08 Å². The van der Waals surface area contributed by atoms with Gasteiger partial charge in [-0.2, -0.15) is 0 Å². The fourth-order valence-electron chi connectivity index (χ4n) is 2.30. The Morgan fingerprint density at radius 3 is 2.47 bits per heavy atom. The van der Waals surface area contributed by atoms with Crippen molar-refractivity contribution in [3.63, 3.8) is 0 Å². The van der Waals surface area contributed by atoms with Crippen molar-refractivity contribution in [3.05, 3.63) is 42.0 Å². The zero-order chi connectivity index (χ0) is 12.5. The number of esters is 1. The fourth-order valence-corrected chi connectivity index (χ4v) is 2.30. The van der Waals surface area contributed by atoms with Crippen LogP contribution >= 0.6 is 0 Å². The lowest BCUT2D eigenvalue weighted by Crippen LogP contribution is -2.39. The van der Waals surface area contributed by atoms with Gasteiger partial charge in [0.25, 0.3) is 0 Å². The van der Waals surface area contributed by atoms with Gasteiger partial charge in [-0.15, -0.1) is 0 Å². The summed E-state index contributed by atoms with van der Waals surface area (Å²) in [4.78, 5) is 13.5. The van der Waals surface area contributed by atoms with E-state index in [4.69, 9.17) is 4.74 Å². The van der Waals surface area contributed by atoms with E-state index < -0.39 is 5.60 Å². The summed E-state index contributed by atoms with van der Waals surface area (Å²) in [5.41, 5.74) is 1.45. The van der Waals surface area contributed by atoms with Gasteiger partial charge < -0.3 is 9.64 Å². The largest absolute Gasteiger partial charge is 0.450 e. The molecule has 0 N–H and O–H groups in total. The Morgan fingerprint density at radius 1 is 1.24 bits per heavy atom. The van der Waals surface area contributed by atoms with Crippen LogP contribution in [0.1, 0.15) is 12.5 Å². The van der Waals surface area contributed by atoms with Crippen LogP contribution in [0, 0.1) is 0 Å². The molecule has 1 aliphatic heterocycles. The second kappa shape index (κ2) is 4.34. The third-order valence-electron chi connectivity index (χ3n) is 2.86. The molecule has 0 aromatic heterocycles. The van der Waals surface area contributed by atoms with Gasteiger partial charge in [-0.25, -0.2) is 4.79 Å². The molecule has 1 heterocycles. The molecule has 0 saturated carbocycles. The molecule has 0 saturated heterocycles. The average Bonchev–Trinajstić information content (AvgIpc) is 2.53. The molecule has 1 aromatic carbocycles. The highest BCUT2D eigenvalue weighted by Crippen LogP contribution is 2.35. The first kappa shape index (κ1) is 11.9. The highest BCUT2D eigenvalue weighted by atomic mass is 16.6. The van der Waals surface area contributed by atoms with Crippen molar-refractivity contribution in [2.75, 3.05) is 20.6 Å². The number of likely N-dealkylation sites (N-methyl/N-ethyl adjacent to an activating group) is 1. The van der Waals surface area contributed by atoms with Gasteiger partial charge in [0.1, 0.15) is 5.60 Å². The lowest BCUT2D eigenvalue weighted by atomic mass is 9.90. The van der Waals surface area contributed by atoms with E-state index >= 15 is 0 Å². The second-order valence-electron chi connectivity index (χ2n) is 4.81. The van der Waals surface area contributed by atoms with E-state index in [9.17, 15) is 4.79 Å². The average molecular weight is 231 g/mol. The van der Waals surface area contributed by atoms with E-state index in [0.717, 1.165) is 11.1 Å². The van der Waals surface area contributed by atoms with Gasteiger partial charge in [0, 0.05) is 18.2 Å². The van der Waals surface area contributed by atoms with Crippen molar-refractivity contribution in [3.8, 4) is 0 Å². The maximum atomic E-state index is 11.5. The molecule has 1 atom stereocenters. The van der Waals surface area contributed by atoms with E-state index in [-0.39, 0.29) is 5.97 Å². The van der Waals surface area contributed by atoms with Gasteiger partial charge >= 0.3 is 5.97 Å². The van der Waals surface area contributed by atoms with Crippen LogP contribution < -0.4 is 0 Å². The summed E-state index contributed by atoms with van der Waals surface area (Å²) in [5.74, 6) is -0.256. The summed E-state index contributed by atoms with van der Waals surface area (Å²) in [7, 11) is 3.94. The highest BCUT2D eigenvalue weighted by molar-refractivity contribution is 5.98. The maximum Gasteiger partial charge on any atom is 0.332 e. The minimum absolute atomic E-state index is 0.256. The number of carbonyl (C=O) groups excluding carboxylic acids is 1. The molecule has 90 valence electrons. The Labute approximate surface area is 102 Å². The van der Waals surface area contributed by atoms with E-state index in [0.29, 0.717) is 6.54 Å². The maximum absolute atomic E-state index is 11.5. The molecule has 0 fully saturated rings. The van der Waals surface area contributed by atoms with Crippen LogP contribution in [0.4, 0.5) is 0 Å². The molecule has 0 amide bonds. The molecular weight excluding hydrogens is 214 g/mol. The molecular formula is C14H17NO2. The van der Waals surface area contributed by atoms with Crippen molar-refractivity contribution in [2.45, 2.75) is 12.5 Å². The van der Waals surface area contributed by atoms with Crippen LogP contribution in [-0.2, 0) is 9.53 Å². The summed E-state index contributed by atoms with van der Waals surface area (Å²) in [6.45, 7) is 2.64. The molecule has 2 rings (SSSR count). The third-order valence-corrected chi connectivity index (χ3v) is 2.86. The van der Waals surface area contributed by atoms with Crippen molar-refractivity contribution >= 4 is 11.5 Å². The molecule has 1 aromatic rings. The number of rotatable bonds is 3. The smallest absolute Gasteiger partial charge is 0.332 e. The van der Waals surface area contributed by atoms with Crippen molar-refractivity contribution in [1.82, 2.24) is 4.90 Å². The van der Waals surface area contributed by atoms with Crippen molar-refractivity contribution in [2.24, 2.45) is 0 Å². The van der Waals surface area contributed by atoms with E-state index in [1.807, 2.05) is 56.3 Å². The van der Waals surface area contributed by atoms with E-state index in [1.165, 1.54) is 0 Å². The van der Waals surface area contributed by atoms with Gasteiger partial charge in [0.05, 0.1) is 0 Å². The number of carbonyl (C=O) groups is 1. The van der Waals surface area contributed by atoms with Crippen LogP contribution in [0.3, 0.4) is 0 Å². The SMILES string of the molecule is CN(C)CC1(C)OC(=O)C=C1c1ccccc1. The van der Waals surface area contributed by atoms with Crippen LogP contribution in [0.5, 0.6) is 0 Å². The minimum Gasteiger partial charge on any atom is -0.450 e. The van der Waals surface area contributed by atoms with Gasteiger partial charge in [0.15, 0.2) is 0 Å². The Morgan fingerprint density at radius 2 is 1.88 bits per heavy atom. The summed E-state index contributed by atoms with van der Waals surface area (Å²) >= 11 is 0. The number of benzene rings is 1. The van der Waals surface area contributed by atoms with Crippen LogP contribution in [0.15, 0.2) is 36.4 Å². The van der Waals surface area contributed by atoms with Gasteiger partial charge in [0.2, 0.25) is 0 Å². The summed E-state index contributed by atoms with van der Waals surface area (Å²) in [5, 5.41) is 0. The Balaban J connectivity index is 2.37. The van der Waals surface area contributed by atoms with Crippen LogP contribution in [0.25, 0.3) is 5.57 Å². The number of hydrogen-bond donors (Lipinski definition) is 0. The molecule has 17 heavy (non-hydrogen) atoms. The summed E-state index contributed by atoms with van der Waals surface area (Å²) in [6.07, 6.45) is 1.60. The highest BCUT2D eigenvalue weighted by Gasteiger charge is 2.39. The second-order valence-corrected chi connectivity index (χ2v) is 4.81. The molecule has 3 nitrogen and oxygen atoms in total. The summed E-state index contributed by atoms with van der Waals surface area (Å²) in [6, 6.07) is 9.90. The van der Waals surface area contributed by atoms with Crippen molar-refractivity contribution < 1.29 is 9.53 Å². The quantitative estimate of drug-likeness (QED) is 0.745. The lowest BCUT2D eigenvalue weighted by molar-refractivity contribution is -0.144. The first-order chi connectivity index (χ1) is 8.01. The molecule has 0 spiro atoms. The normalized spacial score (nSPS) is 23.8. The summed E-state index contributed by atoms with van der Waals surface area (Å²) < 4.78 is 5.45. The van der Waals surface area contributed by atoms with Crippen LogP contribution in [0.2, 0.25) is 0 Å². The zero-order valence-corrected chi connectivity index (χ0v) is 10.4. The molecule has 0 aliphatic carbocycles. The van der Waals surface area contributed by atoms with Gasteiger partial charge in [-0.05, 0) is 26.6 Å². The Kier molecular flexibility index (Phi) is 3.03. The Hall–Kier alpha value is -1.61. The lowest BCUT2D eigenvalue weighted by Gasteiger charge is -2.30. The number of nitrogens with zero attached hydrogens (tertiary/aromatic N) is 1. The standard InChI is InChI=1S/C14H17NO2/c1-14(10-15(2)3)12(9-13(16)17-14)11-7-5-4-6-8-11/h4-9H,10H2,1-3H3. The van der Waals surface area contributed by atoms with Crippen molar-refractivity contribution in [1.29, 1.82) is 0 Å². The molecule has 1 unspecified atom stereocenters. The first-order valence-electron chi connectivity index (χ1n) is 5.66. The zero-order valence-electron chi connectivity index (χ0n) is 10.4. The third kappa shape index (κ3) is 2.39. The monoisotopic (exact) mass is 231 g/mol. The minimum atomic E-state index is -0.554. The molecule has 0 bridgehead atoms. The molecule has 1 aliphatic rings. The topological polar surface area (TPSA) is 29.5 Å². The fraction of sp³-hybridized carbons (Fsp3) is 0.357. The van der Waals surface area contributed by atoms with E-state index in [2.05, 4.69) is 0 Å². The number of hydrogen-bond acceptors (Lipinski definition) is 3. The number of ether oxygens (including phenoxy) is 1. The predicted molar refractivity (Wildman–Crippen MR) is 67.5 cm³/mol. The van der Waals surface area contributed by atoms with Gasteiger partial charge in [-0.3, -0.25) is 0 Å². The first-order valence-corrected chi connectivity index (χ1v) is 5.66. The molecule has 0 radical (unpaired) electrons. The molecule has 3 heteroatoms. The van der Waals surface area contributed by atoms with Crippen LogP contribution in [-0.4, -0.2) is 37.1 Å². The Bertz CT molecular complexity index is 451. The number of cyclic esters (lactones) is 1.